The lowest BCUT2D eigenvalue weighted by atomic mass is 9.94. The Morgan fingerprint density at radius 3 is 2.26 bits per heavy atom. The van der Waals surface area contributed by atoms with Crippen LogP contribution in [0.4, 0.5) is 8.78 Å². The molecule has 3 unspecified atom stereocenters. The number of benzene rings is 1. The molecule has 1 aliphatic heterocycles. The third kappa shape index (κ3) is 3.89. The highest BCUT2D eigenvalue weighted by Gasteiger charge is 2.35. The lowest BCUT2D eigenvalue weighted by Gasteiger charge is -2.37. The van der Waals surface area contributed by atoms with Gasteiger partial charge in [-0.2, -0.15) is 17.0 Å². The second-order valence-corrected chi connectivity index (χ2v) is 8.62. The van der Waals surface area contributed by atoms with Gasteiger partial charge in [0.25, 0.3) is 10.2 Å². The summed E-state index contributed by atoms with van der Waals surface area (Å²) in [6.45, 7) is 6.72. The molecule has 7 heteroatoms. The molecule has 0 aromatic heterocycles. The van der Waals surface area contributed by atoms with E-state index in [1.807, 2.05) is 13.8 Å². The summed E-state index contributed by atoms with van der Waals surface area (Å²) in [5, 5.41) is 0. The highest BCUT2D eigenvalue weighted by atomic mass is 32.2. The first-order valence-electron chi connectivity index (χ1n) is 7.81. The molecule has 1 saturated heterocycles. The van der Waals surface area contributed by atoms with Crippen LogP contribution in [0.1, 0.15) is 38.8 Å². The van der Waals surface area contributed by atoms with Gasteiger partial charge < -0.3 is 0 Å². The maximum Gasteiger partial charge on any atom is 0.282 e. The monoisotopic (exact) mass is 346 g/mol. The summed E-state index contributed by atoms with van der Waals surface area (Å²) in [6, 6.07) is 2.90. The highest BCUT2D eigenvalue weighted by molar-refractivity contribution is 7.86. The first kappa shape index (κ1) is 18.3. The van der Waals surface area contributed by atoms with Crippen LogP contribution in [0.5, 0.6) is 0 Å². The standard InChI is InChI=1S/C16H24F2N2O2S/c1-11-7-12(2)10-20(9-11)23(21,22)19(4)13(3)14-5-6-15(17)16(18)8-14/h5-6,8,11-13H,7,9-10H2,1-4H3. The third-order valence-electron chi connectivity index (χ3n) is 4.50. The number of rotatable bonds is 4. The Balaban J connectivity index is 2.23. The molecule has 1 aromatic carbocycles. The molecular weight excluding hydrogens is 322 g/mol. The van der Waals surface area contributed by atoms with Crippen molar-refractivity contribution in [2.24, 2.45) is 11.8 Å². The number of halogens is 2. The van der Waals surface area contributed by atoms with Gasteiger partial charge in [-0.15, -0.1) is 0 Å². The van der Waals surface area contributed by atoms with Crippen LogP contribution in [-0.2, 0) is 10.2 Å². The number of hydrogen-bond acceptors (Lipinski definition) is 2. The molecule has 4 nitrogen and oxygen atoms in total. The van der Waals surface area contributed by atoms with Gasteiger partial charge in [0.1, 0.15) is 0 Å². The van der Waals surface area contributed by atoms with Crippen molar-refractivity contribution in [3.05, 3.63) is 35.4 Å². The zero-order chi connectivity index (χ0) is 17.4. The SMILES string of the molecule is CC1CC(C)CN(S(=O)(=O)N(C)C(C)c2ccc(F)c(F)c2)C1. The molecule has 3 atom stereocenters. The van der Waals surface area contributed by atoms with E-state index in [0.29, 0.717) is 30.5 Å². The maximum absolute atomic E-state index is 13.4. The van der Waals surface area contributed by atoms with Crippen molar-refractivity contribution in [3.8, 4) is 0 Å². The largest absolute Gasteiger partial charge is 0.282 e. The van der Waals surface area contributed by atoms with Crippen molar-refractivity contribution in [1.29, 1.82) is 0 Å². The topological polar surface area (TPSA) is 40.6 Å². The molecule has 0 radical (unpaired) electrons. The summed E-state index contributed by atoms with van der Waals surface area (Å²) in [4.78, 5) is 0. The van der Waals surface area contributed by atoms with E-state index in [4.69, 9.17) is 0 Å². The van der Waals surface area contributed by atoms with E-state index in [9.17, 15) is 17.2 Å². The van der Waals surface area contributed by atoms with Crippen molar-refractivity contribution in [2.45, 2.75) is 33.2 Å². The normalized spacial score (nSPS) is 24.8. The Bertz CT molecular complexity index is 656. The van der Waals surface area contributed by atoms with Gasteiger partial charge in [0.2, 0.25) is 0 Å². The second-order valence-electron chi connectivity index (χ2n) is 6.64. The minimum Gasteiger partial charge on any atom is -0.204 e. The molecule has 0 aliphatic carbocycles. The van der Waals surface area contributed by atoms with Crippen molar-refractivity contribution < 1.29 is 17.2 Å². The van der Waals surface area contributed by atoms with Gasteiger partial charge in [0.15, 0.2) is 11.6 Å². The molecule has 0 N–H and O–H groups in total. The van der Waals surface area contributed by atoms with Gasteiger partial charge in [-0.3, -0.25) is 0 Å². The molecule has 1 fully saturated rings. The first-order chi connectivity index (χ1) is 10.6. The molecule has 1 heterocycles. The zero-order valence-electron chi connectivity index (χ0n) is 14.0. The zero-order valence-corrected chi connectivity index (χ0v) is 14.8. The summed E-state index contributed by atoms with van der Waals surface area (Å²) in [5.74, 6) is -1.30. The van der Waals surface area contributed by atoms with Crippen LogP contribution in [0.15, 0.2) is 18.2 Å². The summed E-state index contributed by atoms with van der Waals surface area (Å²) in [6.07, 6.45) is 1.01. The van der Waals surface area contributed by atoms with Crippen LogP contribution in [0.2, 0.25) is 0 Å². The molecule has 2 rings (SSSR count). The van der Waals surface area contributed by atoms with E-state index in [0.717, 1.165) is 18.6 Å². The van der Waals surface area contributed by atoms with E-state index < -0.39 is 27.9 Å². The molecule has 0 spiro atoms. The Morgan fingerprint density at radius 1 is 1.17 bits per heavy atom. The van der Waals surface area contributed by atoms with E-state index in [1.165, 1.54) is 21.7 Å². The van der Waals surface area contributed by atoms with Gasteiger partial charge >= 0.3 is 0 Å². The van der Waals surface area contributed by atoms with E-state index in [2.05, 4.69) is 0 Å². The van der Waals surface area contributed by atoms with Crippen LogP contribution in [0.3, 0.4) is 0 Å². The van der Waals surface area contributed by atoms with E-state index in [-0.39, 0.29) is 0 Å². The van der Waals surface area contributed by atoms with Gasteiger partial charge in [0, 0.05) is 26.2 Å². The van der Waals surface area contributed by atoms with Gasteiger partial charge in [-0.25, -0.2) is 8.78 Å². The molecule has 23 heavy (non-hydrogen) atoms. The van der Waals surface area contributed by atoms with Crippen molar-refractivity contribution in [1.82, 2.24) is 8.61 Å². The molecule has 130 valence electrons. The van der Waals surface area contributed by atoms with Crippen molar-refractivity contribution in [3.63, 3.8) is 0 Å². The molecule has 0 bridgehead atoms. The summed E-state index contributed by atoms with van der Waals surface area (Å²) >= 11 is 0. The van der Waals surface area contributed by atoms with Crippen molar-refractivity contribution in [2.75, 3.05) is 20.1 Å². The van der Waals surface area contributed by atoms with Crippen molar-refractivity contribution >= 4 is 10.2 Å². The highest BCUT2D eigenvalue weighted by Crippen LogP contribution is 2.29. The van der Waals surface area contributed by atoms with Crippen LogP contribution in [0.25, 0.3) is 0 Å². The molecule has 1 aliphatic rings. The average Bonchev–Trinajstić information content (AvgIpc) is 2.47. The Kier molecular flexibility index (Phi) is 5.43. The summed E-state index contributed by atoms with van der Waals surface area (Å²) < 4.78 is 54.8. The fourth-order valence-electron chi connectivity index (χ4n) is 3.16. The molecular formula is C16H24F2N2O2S. The van der Waals surface area contributed by atoms with E-state index >= 15 is 0 Å². The quantitative estimate of drug-likeness (QED) is 0.840. The van der Waals surface area contributed by atoms with Gasteiger partial charge in [-0.1, -0.05) is 19.9 Å². The van der Waals surface area contributed by atoms with Gasteiger partial charge in [0.05, 0.1) is 0 Å². The smallest absolute Gasteiger partial charge is 0.204 e. The summed E-state index contributed by atoms with van der Waals surface area (Å²) in [7, 11) is -2.17. The predicted octanol–water partition coefficient (Wildman–Crippen LogP) is 3.18. The second kappa shape index (κ2) is 6.83. The lowest BCUT2D eigenvalue weighted by Crippen LogP contribution is -2.48. The first-order valence-corrected chi connectivity index (χ1v) is 9.20. The van der Waals surface area contributed by atoms with Crippen LogP contribution in [0, 0.1) is 23.5 Å². The maximum atomic E-state index is 13.4. The minimum atomic E-state index is -3.65. The fraction of sp³-hybridized carbons (Fsp3) is 0.625. The Morgan fingerprint density at radius 2 is 1.74 bits per heavy atom. The molecule has 1 aromatic rings. The predicted molar refractivity (Wildman–Crippen MR) is 86.0 cm³/mol. The van der Waals surface area contributed by atoms with E-state index in [1.54, 1.807) is 6.92 Å². The lowest BCUT2D eigenvalue weighted by molar-refractivity contribution is 0.207. The Hall–Kier alpha value is -1.05. The van der Waals surface area contributed by atoms with Gasteiger partial charge in [-0.05, 0) is 42.9 Å². The third-order valence-corrected chi connectivity index (χ3v) is 6.49. The fourth-order valence-corrected chi connectivity index (χ4v) is 4.93. The number of nitrogens with zero attached hydrogens (tertiary/aromatic N) is 2. The van der Waals surface area contributed by atoms with Crippen LogP contribution in [-0.4, -0.2) is 37.2 Å². The summed E-state index contributed by atoms with van der Waals surface area (Å²) in [5.41, 5.74) is 0.424. The number of piperidine rings is 1. The Labute approximate surface area is 137 Å². The average molecular weight is 346 g/mol. The molecule has 0 saturated carbocycles. The number of hydrogen-bond donors (Lipinski definition) is 0. The van der Waals surface area contributed by atoms with Crippen LogP contribution >= 0.6 is 0 Å². The van der Waals surface area contributed by atoms with Crippen LogP contribution < -0.4 is 0 Å². The minimum absolute atomic E-state index is 0.306. The molecule has 0 amide bonds.